The average molecular weight is 293 g/mol. The normalized spacial score (nSPS) is 11.5. The zero-order valence-electron chi connectivity index (χ0n) is 13.3. The molecular weight excluding hydrogens is 266 g/mol. The molecule has 5 heteroatoms. The van der Waals surface area contributed by atoms with Crippen LogP contribution >= 0.6 is 0 Å². The number of nitrogens with zero attached hydrogens (tertiary/aromatic N) is 1. The summed E-state index contributed by atoms with van der Waals surface area (Å²) in [6, 6.07) is 8.29. The number of nitrogens with one attached hydrogen (secondary N) is 2. The first-order valence-corrected chi connectivity index (χ1v) is 7.46. The lowest BCUT2D eigenvalue weighted by Crippen LogP contribution is -2.39. The molecule has 1 aromatic carbocycles. The third-order valence-corrected chi connectivity index (χ3v) is 2.81. The standard InChI is InChI=1S/C16H27N3O2/c1-4-17-16(18-9-10-21-5-2)19-12-14-7-6-8-15(11-14)13-20-3/h6-8,11H,4-5,9-10,12-13H2,1-3H3,(H2,17,18,19). The Kier molecular flexibility index (Phi) is 9.24. The minimum Gasteiger partial charge on any atom is -0.380 e. The van der Waals surface area contributed by atoms with Gasteiger partial charge < -0.3 is 20.1 Å². The number of guanidine groups is 1. The van der Waals surface area contributed by atoms with Crippen LogP contribution in [0.15, 0.2) is 29.3 Å². The predicted molar refractivity (Wildman–Crippen MR) is 86.5 cm³/mol. The second-order valence-corrected chi connectivity index (χ2v) is 4.57. The summed E-state index contributed by atoms with van der Waals surface area (Å²) in [4.78, 5) is 4.58. The van der Waals surface area contributed by atoms with Gasteiger partial charge in [-0.1, -0.05) is 24.3 Å². The van der Waals surface area contributed by atoms with Crippen molar-refractivity contribution in [2.24, 2.45) is 4.99 Å². The van der Waals surface area contributed by atoms with Gasteiger partial charge in [-0.3, -0.25) is 0 Å². The van der Waals surface area contributed by atoms with Gasteiger partial charge in [-0.15, -0.1) is 0 Å². The Balaban J connectivity index is 2.53. The van der Waals surface area contributed by atoms with Gasteiger partial charge in [0.15, 0.2) is 5.96 Å². The number of aliphatic imine (C=N–C) groups is 1. The van der Waals surface area contributed by atoms with Gasteiger partial charge >= 0.3 is 0 Å². The van der Waals surface area contributed by atoms with E-state index in [9.17, 15) is 0 Å². The van der Waals surface area contributed by atoms with E-state index in [0.717, 1.165) is 25.7 Å². The SMILES string of the molecule is CCNC(=NCc1cccc(COC)c1)NCCOCC. The maximum absolute atomic E-state index is 5.31. The number of benzene rings is 1. The van der Waals surface area contributed by atoms with Gasteiger partial charge in [0.25, 0.3) is 0 Å². The summed E-state index contributed by atoms with van der Waals surface area (Å²) in [6.45, 7) is 8.33. The van der Waals surface area contributed by atoms with E-state index < -0.39 is 0 Å². The molecule has 0 aromatic heterocycles. The highest BCUT2D eigenvalue weighted by molar-refractivity contribution is 5.79. The van der Waals surface area contributed by atoms with Gasteiger partial charge in [-0.05, 0) is 25.0 Å². The van der Waals surface area contributed by atoms with E-state index in [4.69, 9.17) is 9.47 Å². The van der Waals surface area contributed by atoms with Crippen molar-refractivity contribution in [2.45, 2.75) is 27.0 Å². The molecule has 0 aliphatic heterocycles. The van der Waals surface area contributed by atoms with Crippen molar-refractivity contribution in [1.29, 1.82) is 0 Å². The zero-order valence-corrected chi connectivity index (χ0v) is 13.3. The van der Waals surface area contributed by atoms with Crippen LogP contribution in [0.5, 0.6) is 0 Å². The Morgan fingerprint density at radius 2 is 2.00 bits per heavy atom. The molecule has 0 saturated carbocycles. The van der Waals surface area contributed by atoms with Gasteiger partial charge in [0.2, 0.25) is 0 Å². The van der Waals surface area contributed by atoms with Crippen LogP contribution in [0.25, 0.3) is 0 Å². The molecule has 0 radical (unpaired) electrons. The van der Waals surface area contributed by atoms with Crippen LogP contribution in [0.1, 0.15) is 25.0 Å². The van der Waals surface area contributed by atoms with Crippen molar-refractivity contribution in [3.8, 4) is 0 Å². The molecule has 0 bridgehead atoms. The van der Waals surface area contributed by atoms with Crippen LogP contribution in [0.4, 0.5) is 0 Å². The summed E-state index contributed by atoms with van der Waals surface area (Å²) >= 11 is 0. The molecular formula is C16H27N3O2. The Labute approximate surface area is 127 Å². The molecule has 0 unspecified atom stereocenters. The molecule has 118 valence electrons. The van der Waals surface area contributed by atoms with E-state index in [2.05, 4.69) is 40.7 Å². The molecule has 0 aliphatic carbocycles. The van der Waals surface area contributed by atoms with Crippen molar-refractivity contribution < 1.29 is 9.47 Å². The monoisotopic (exact) mass is 293 g/mol. The van der Waals surface area contributed by atoms with E-state index >= 15 is 0 Å². The van der Waals surface area contributed by atoms with Gasteiger partial charge in [0.1, 0.15) is 0 Å². The predicted octanol–water partition coefficient (Wildman–Crippen LogP) is 1.92. The van der Waals surface area contributed by atoms with Crippen molar-refractivity contribution in [1.82, 2.24) is 10.6 Å². The number of rotatable bonds is 9. The fourth-order valence-electron chi connectivity index (χ4n) is 1.88. The molecule has 0 fully saturated rings. The molecule has 2 N–H and O–H groups in total. The summed E-state index contributed by atoms with van der Waals surface area (Å²) < 4.78 is 10.5. The van der Waals surface area contributed by atoms with Crippen LogP contribution in [0, 0.1) is 0 Å². The van der Waals surface area contributed by atoms with E-state index in [1.165, 1.54) is 11.1 Å². The van der Waals surface area contributed by atoms with Crippen LogP contribution in [0.3, 0.4) is 0 Å². The summed E-state index contributed by atoms with van der Waals surface area (Å²) in [5, 5.41) is 6.48. The fraction of sp³-hybridized carbons (Fsp3) is 0.562. The van der Waals surface area contributed by atoms with Crippen molar-refractivity contribution in [3.05, 3.63) is 35.4 Å². The topological polar surface area (TPSA) is 54.9 Å². The number of methoxy groups -OCH3 is 1. The third kappa shape index (κ3) is 7.68. The van der Waals surface area contributed by atoms with Crippen LogP contribution < -0.4 is 10.6 Å². The van der Waals surface area contributed by atoms with Crippen molar-refractivity contribution in [3.63, 3.8) is 0 Å². The first-order chi connectivity index (χ1) is 10.3. The minimum absolute atomic E-state index is 0.629. The average Bonchev–Trinajstić information content (AvgIpc) is 2.50. The van der Waals surface area contributed by atoms with E-state index in [0.29, 0.717) is 19.8 Å². The highest BCUT2D eigenvalue weighted by Gasteiger charge is 1.98. The highest BCUT2D eigenvalue weighted by Crippen LogP contribution is 2.07. The molecule has 1 rings (SSSR count). The molecule has 0 atom stereocenters. The highest BCUT2D eigenvalue weighted by atomic mass is 16.5. The van der Waals surface area contributed by atoms with Gasteiger partial charge in [0, 0.05) is 26.8 Å². The van der Waals surface area contributed by atoms with Crippen molar-refractivity contribution >= 4 is 5.96 Å². The number of ether oxygens (including phenoxy) is 2. The van der Waals surface area contributed by atoms with Crippen LogP contribution in [0.2, 0.25) is 0 Å². The summed E-state index contributed by atoms with van der Waals surface area (Å²) in [7, 11) is 1.70. The lowest BCUT2D eigenvalue weighted by Gasteiger charge is -2.11. The molecule has 1 aromatic rings. The van der Waals surface area contributed by atoms with Crippen molar-refractivity contribution in [2.75, 3.05) is 33.4 Å². The lowest BCUT2D eigenvalue weighted by molar-refractivity contribution is 0.152. The largest absolute Gasteiger partial charge is 0.380 e. The Morgan fingerprint density at radius 3 is 2.71 bits per heavy atom. The first-order valence-electron chi connectivity index (χ1n) is 7.46. The smallest absolute Gasteiger partial charge is 0.191 e. The molecule has 0 aliphatic rings. The van der Waals surface area contributed by atoms with E-state index in [-0.39, 0.29) is 0 Å². The quantitative estimate of drug-likeness (QED) is 0.415. The second-order valence-electron chi connectivity index (χ2n) is 4.57. The maximum atomic E-state index is 5.31. The number of hydrogen-bond acceptors (Lipinski definition) is 3. The molecule has 21 heavy (non-hydrogen) atoms. The molecule has 0 saturated heterocycles. The van der Waals surface area contributed by atoms with Crippen LogP contribution in [-0.4, -0.2) is 39.4 Å². The summed E-state index contributed by atoms with van der Waals surface area (Å²) in [5.41, 5.74) is 2.34. The summed E-state index contributed by atoms with van der Waals surface area (Å²) in [5.74, 6) is 0.814. The van der Waals surface area contributed by atoms with Gasteiger partial charge in [0.05, 0.1) is 19.8 Å². The van der Waals surface area contributed by atoms with E-state index in [1.54, 1.807) is 7.11 Å². The molecule has 0 spiro atoms. The Bertz CT molecular complexity index is 422. The van der Waals surface area contributed by atoms with Crippen LogP contribution in [-0.2, 0) is 22.6 Å². The Morgan fingerprint density at radius 1 is 1.19 bits per heavy atom. The summed E-state index contributed by atoms with van der Waals surface area (Å²) in [6.07, 6.45) is 0. The Hall–Kier alpha value is -1.59. The van der Waals surface area contributed by atoms with Gasteiger partial charge in [-0.25, -0.2) is 4.99 Å². The van der Waals surface area contributed by atoms with E-state index in [1.807, 2.05) is 13.0 Å². The third-order valence-electron chi connectivity index (χ3n) is 2.81. The molecule has 0 heterocycles. The number of hydrogen-bond donors (Lipinski definition) is 2. The first kappa shape index (κ1) is 17.5. The second kappa shape index (κ2) is 11.1. The fourth-order valence-corrected chi connectivity index (χ4v) is 1.88. The minimum atomic E-state index is 0.629. The zero-order chi connectivity index (χ0) is 15.3. The molecule has 5 nitrogen and oxygen atoms in total. The van der Waals surface area contributed by atoms with Gasteiger partial charge in [-0.2, -0.15) is 0 Å². The lowest BCUT2D eigenvalue weighted by atomic mass is 10.1. The maximum Gasteiger partial charge on any atom is 0.191 e. The molecule has 0 amide bonds.